The van der Waals surface area contributed by atoms with Crippen LogP contribution in [0.5, 0.6) is 0 Å². The molecular weight excluding hydrogens is 224 g/mol. The van der Waals surface area contributed by atoms with E-state index in [1.807, 2.05) is 6.07 Å². The van der Waals surface area contributed by atoms with Crippen molar-refractivity contribution in [3.63, 3.8) is 0 Å². The third-order valence-corrected chi connectivity index (χ3v) is 2.18. The van der Waals surface area contributed by atoms with E-state index in [4.69, 9.17) is 5.11 Å². The number of hydrogen-bond acceptors (Lipinski definition) is 3. The van der Waals surface area contributed by atoms with E-state index in [0.29, 0.717) is 5.56 Å². The van der Waals surface area contributed by atoms with E-state index in [1.54, 1.807) is 24.4 Å². The number of carboxylic acid groups (broad SMARTS) is 1. The number of aromatic amines is 1. The molecule has 0 aliphatic rings. The highest BCUT2D eigenvalue weighted by molar-refractivity contribution is 5.97. The van der Waals surface area contributed by atoms with E-state index >= 15 is 0 Å². The molecule has 2 aromatic rings. The maximum absolute atomic E-state index is 11.6. The summed E-state index contributed by atoms with van der Waals surface area (Å²) in [5.74, 6) is -1.62. The van der Waals surface area contributed by atoms with Gasteiger partial charge >= 0.3 is 5.97 Å². The fourth-order valence-corrected chi connectivity index (χ4v) is 1.42. The first-order valence-corrected chi connectivity index (χ1v) is 4.88. The summed E-state index contributed by atoms with van der Waals surface area (Å²) in [7, 11) is 0. The molecule has 0 radical (unpaired) electrons. The van der Waals surface area contributed by atoms with Crippen LogP contribution in [0, 0.1) is 0 Å². The zero-order chi connectivity index (χ0) is 12.3. The van der Waals surface area contributed by atoms with Gasteiger partial charge in [-0.05, 0) is 24.3 Å². The lowest BCUT2D eigenvalue weighted by Gasteiger charge is -2.03. The van der Waals surface area contributed by atoms with Crippen molar-refractivity contribution in [1.29, 1.82) is 0 Å². The molecule has 0 spiro atoms. The number of amides is 1. The van der Waals surface area contributed by atoms with Crippen LogP contribution in [0.4, 0.5) is 0 Å². The maximum Gasteiger partial charge on any atom is 0.332 e. The van der Waals surface area contributed by atoms with E-state index in [2.05, 4.69) is 15.3 Å². The van der Waals surface area contributed by atoms with Crippen molar-refractivity contribution in [2.75, 3.05) is 6.61 Å². The van der Waals surface area contributed by atoms with Crippen LogP contribution in [-0.2, 0) is 9.63 Å². The van der Waals surface area contributed by atoms with Crippen molar-refractivity contribution in [2.24, 2.45) is 0 Å². The Balaban J connectivity index is 2.05. The first kappa shape index (κ1) is 11.2. The molecule has 17 heavy (non-hydrogen) atoms. The molecule has 0 unspecified atom stereocenters. The van der Waals surface area contributed by atoms with Gasteiger partial charge < -0.3 is 10.1 Å². The number of aromatic nitrogens is 1. The van der Waals surface area contributed by atoms with Gasteiger partial charge in [-0.3, -0.25) is 9.63 Å². The molecule has 1 aromatic carbocycles. The third-order valence-electron chi connectivity index (χ3n) is 2.18. The smallest absolute Gasteiger partial charge is 0.332 e. The highest BCUT2D eigenvalue weighted by atomic mass is 16.7. The summed E-state index contributed by atoms with van der Waals surface area (Å²) in [5.41, 5.74) is 3.39. The van der Waals surface area contributed by atoms with Gasteiger partial charge in [-0.1, -0.05) is 0 Å². The largest absolute Gasteiger partial charge is 0.479 e. The molecule has 6 heteroatoms. The van der Waals surface area contributed by atoms with Gasteiger partial charge in [0.2, 0.25) is 0 Å². The number of carbonyl (C=O) groups is 2. The number of rotatable bonds is 4. The van der Waals surface area contributed by atoms with Gasteiger partial charge in [0.15, 0.2) is 6.61 Å². The summed E-state index contributed by atoms with van der Waals surface area (Å²) < 4.78 is 0. The molecule has 0 atom stereocenters. The number of nitrogens with one attached hydrogen (secondary N) is 2. The van der Waals surface area contributed by atoms with Gasteiger partial charge in [-0.2, -0.15) is 0 Å². The molecule has 1 amide bonds. The quantitative estimate of drug-likeness (QED) is 0.686. The highest BCUT2D eigenvalue weighted by Crippen LogP contribution is 2.13. The van der Waals surface area contributed by atoms with Crippen molar-refractivity contribution < 1.29 is 19.5 Å². The summed E-state index contributed by atoms with van der Waals surface area (Å²) in [5, 5.41) is 9.23. The Labute approximate surface area is 96.2 Å². The second-order valence-electron chi connectivity index (χ2n) is 3.39. The lowest BCUT2D eigenvalue weighted by atomic mass is 10.1. The van der Waals surface area contributed by atoms with Crippen molar-refractivity contribution in [2.45, 2.75) is 0 Å². The molecule has 0 aliphatic carbocycles. The Kier molecular flexibility index (Phi) is 3.06. The van der Waals surface area contributed by atoms with Crippen molar-refractivity contribution in [1.82, 2.24) is 10.5 Å². The maximum atomic E-state index is 11.6. The number of fused-ring (bicyclic) bond motifs is 1. The number of benzene rings is 1. The fraction of sp³-hybridized carbons (Fsp3) is 0.0909. The second kappa shape index (κ2) is 4.67. The zero-order valence-corrected chi connectivity index (χ0v) is 8.77. The second-order valence-corrected chi connectivity index (χ2v) is 3.39. The van der Waals surface area contributed by atoms with E-state index in [0.717, 1.165) is 10.9 Å². The van der Waals surface area contributed by atoms with Crippen molar-refractivity contribution in [3.05, 3.63) is 36.0 Å². The molecule has 0 aliphatic heterocycles. The first-order valence-electron chi connectivity index (χ1n) is 4.88. The molecule has 6 nitrogen and oxygen atoms in total. The Morgan fingerprint density at radius 1 is 1.35 bits per heavy atom. The van der Waals surface area contributed by atoms with Crippen LogP contribution in [0.15, 0.2) is 30.5 Å². The van der Waals surface area contributed by atoms with Crippen LogP contribution >= 0.6 is 0 Å². The van der Waals surface area contributed by atoms with Gasteiger partial charge in [-0.25, -0.2) is 10.3 Å². The molecule has 1 heterocycles. The first-order chi connectivity index (χ1) is 8.16. The van der Waals surface area contributed by atoms with Gasteiger partial charge in [0, 0.05) is 22.7 Å². The highest BCUT2D eigenvalue weighted by Gasteiger charge is 2.07. The molecule has 0 fully saturated rings. The summed E-state index contributed by atoms with van der Waals surface area (Å²) >= 11 is 0. The van der Waals surface area contributed by atoms with Gasteiger partial charge in [0.05, 0.1) is 0 Å². The van der Waals surface area contributed by atoms with Crippen LogP contribution in [0.3, 0.4) is 0 Å². The average Bonchev–Trinajstić information content (AvgIpc) is 2.75. The minimum absolute atomic E-state index is 0.405. The van der Waals surface area contributed by atoms with Gasteiger partial charge in [0.1, 0.15) is 0 Å². The average molecular weight is 234 g/mol. The molecule has 0 saturated carbocycles. The third kappa shape index (κ3) is 2.61. The Bertz CT molecular complexity index is 561. The fourth-order valence-electron chi connectivity index (χ4n) is 1.42. The van der Waals surface area contributed by atoms with Crippen LogP contribution in [0.1, 0.15) is 10.4 Å². The summed E-state index contributed by atoms with van der Waals surface area (Å²) in [6.07, 6.45) is 1.77. The predicted molar refractivity (Wildman–Crippen MR) is 59.4 cm³/mol. The molecule has 1 aromatic heterocycles. The zero-order valence-electron chi connectivity index (χ0n) is 8.77. The van der Waals surface area contributed by atoms with E-state index in [9.17, 15) is 9.59 Å². The summed E-state index contributed by atoms with van der Waals surface area (Å²) in [4.78, 5) is 29.2. The molecular formula is C11H10N2O4. The standard InChI is InChI=1S/C11H10N2O4/c14-10(15)6-17-13-11(16)8-1-2-9-7(5-8)3-4-12-9/h1-5,12H,6H2,(H,13,16)(H,14,15). The number of hydrogen-bond donors (Lipinski definition) is 3. The van der Waals surface area contributed by atoms with E-state index in [1.165, 1.54) is 0 Å². The van der Waals surface area contributed by atoms with Crippen molar-refractivity contribution >= 4 is 22.8 Å². The predicted octanol–water partition coefficient (Wildman–Crippen LogP) is 0.914. The number of H-pyrrole nitrogens is 1. The van der Waals surface area contributed by atoms with Crippen LogP contribution in [0.2, 0.25) is 0 Å². The number of hydroxylamine groups is 1. The molecule has 0 saturated heterocycles. The van der Waals surface area contributed by atoms with E-state index in [-0.39, 0.29) is 0 Å². The Morgan fingerprint density at radius 3 is 2.94 bits per heavy atom. The number of carbonyl (C=O) groups excluding carboxylic acids is 1. The molecule has 3 N–H and O–H groups in total. The number of carboxylic acids is 1. The normalized spacial score (nSPS) is 10.4. The molecule has 2 rings (SSSR count). The van der Waals surface area contributed by atoms with Crippen LogP contribution < -0.4 is 5.48 Å². The summed E-state index contributed by atoms with van der Waals surface area (Å²) in [6.45, 7) is -0.571. The lowest BCUT2D eigenvalue weighted by Crippen LogP contribution is -2.26. The Hall–Kier alpha value is -2.34. The van der Waals surface area contributed by atoms with E-state index < -0.39 is 18.5 Å². The molecule has 88 valence electrons. The van der Waals surface area contributed by atoms with Crippen molar-refractivity contribution in [3.8, 4) is 0 Å². The monoisotopic (exact) mass is 234 g/mol. The minimum atomic E-state index is -1.15. The Morgan fingerprint density at radius 2 is 2.18 bits per heavy atom. The SMILES string of the molecule is O=C(O)CONC(=O)c1ccc2[nH]ccc2c1. The van der Waals surface area contributed by atoms with Crippen LogP contribution in [0.25, 0.3) is 10.9 Å². The van der Waals surface area contributed by atoms with Crippen LogP contribution in [-0.4, -0.2) is 28.6 Å². The minimum Gasteiger partial charge on any atom is -0.479 e. The summed E-state index contributed by atoms with van der Waals surface area (Å²) in [6, 6.07) is 6.91. The topological polar surface area (TPSA) is 91.4 Å². The van der Waals surface area contributed by atoms with Gasteiger partial charge in [-0.15, -0.1) is 0 Å². The lowest BCUT2D eigenvalue weighted by molar-refractivity contribution is -0.144. The molecule has 0 bridgehead atoms. The number of aliphatic carboxylic acids is 1. The van der Waals surface area contributed by atoms with Gasteiger partial charge in [0.25, 0.3) is 5.91 Å².